The first-order valence-corrected chi connectivity index (χ1v) is 21.5. The van der Waals surface area contributed by atoms with Gasteiger partial charge in [0.15, 0.2) is 6.10 Å². The minimum atomic E-state index is -0.884. The molecule has 0 bridgehead atoms. The van der Waals surface area contributed by atoms with E-state index in [1.54, 1.807) is 24.3 Å². The highest BCUT2D eigenvalue weighted by Crippen LogP contribution is 2.44. The summed E-state index contributed by atoms with van der Waals surface area (Å²) >= 11 is 1.19. The van der Waals surface area contributed by atoms with Gasteiger partial charge in [0.1, 0.15) is 23.4 Å². The summed E-state index contributed by atoms with van der Waals surface area (Å²) in [7, 11) is 3.03. The van der Waals surface area contributed by atoms with Crippen LogP contribution in [0, 0.1) is 17.8 Å². The van der Waals surface area contributed by atoms with E-state index >= 15 is 0 Å². The van der Waals surface area contributed by atoms with Crippen LogP contribution in [0.15, 0.2) is 84.2 Å². The zero-order valence-electron chi connectivity index (χ0n) is 35.8. The number of hydrogen-bond donors (Lipinski definition) is 2. The summed E-state index contributed by atoms with van der Waals surface area (Å²) in [6.45, 7) is 11.0. The molecule has 4 aromatic rings. The summed E-state index contributed by atoms with van der Waals surface area (Å²) in [4.78, 5) is 72.5. The fraction of sp³-hybridized carbons (Fsp3) is 0.447. The molecular formula is C47H58N4O8S. The Hall–Kier alpha value is -5.56. The number of esters is 2. The van der Waals surface area contributed by atoms with Crippen molar-refractivity contribution in [3.63, 3.8) is 0 Å². The van der Waals surface area contributed by atoms with E-state index in [0.717, 1.165) is 27.8 Å². The van der Waals surface area contributed by atoms with Gasteiger partial charge >= 0.3 is 18.0 Å². The number of fused-ring (bicyclic) bond motifs is 3. The van der Waals surface area contributed by atoms with Crippen LogP contribution in [0.2, 0.25) is 0 Å². The average molecular weight is 839 g/mol. The molecular weight excluding hydrogens is 781 g/mol. The van der Waals surface area contributed by atoms with Crippen LogP contribution in [-0.2, 0) is 35.0 Å². The predicted molar refractivity (Wildman–Crippen MR) is 231 cm³/mol. The Bertz CT molecular complexity index is 2060. The maximum Gasteiger partial charge on any atom is 0.407 e. The first-order valence-electron chi connectivity index (χ1n) is 20.7. The molecule has 0 radical (unpaired) electrons. The second kappa shape index (κ2) is 21.1. The van der Waals surface area contributed by atoms with Crippen molar-refractivity contribution >= 4 is 41.2 Å². The molecule has 0 aliphatic heterocycles. The number of benzene rings is 3. The third-order valence-electron chi connectivity index (χ3n) is 11.4. The highest BCUT2D eigenvalue weighted by atomic mass is 32.1. The molecule has 12 nitrogen and oxygen atoms in total. The van der Waals surface area contributed by atoms with E-state index < -0.39 is 48.1 Å². The Balaban J connectivity index is 1.28. The van der Waals surface area contributed by atoms with Crippen molar-refractivity contribution in [3.8, 4) is 11.1 Å². The van der Waals surface area contributed by atoms with Crippen LogP contribution in [0.3, 0.4) is 0 Å². The van der Waals surface area contributed by atoms with Gasteiger partial charge in [0.25, 0.3) is 5.91 Å². The maximum absolute atomic E-state index is 14.4. The molecule has 3 aromatic carbocycles. The molecule has 0 fully saturated rings. The van der Waals surface area contributed by atoms with Crippen molar-refractivity contribution in [2.75, 3.05) is 20.8 Å². The summed E-state index contributed by atoms with van der Waals surface area (Å²) in [5.41, 5.74) is 5.56. The number of nitrogens with zero attached hydrogens (tertiary/aromatic N) is 2. The highest BCUT2D eigenvalue weighted by molar-refractivity contribution is 7.09. The standard InChI is InChI=1S/C47H58N4O8S/c1-9-29(4)42(50-47(56)58-26-38-36-21-15-13-19-34(36)35-20-14-16-22-37(35)38)45(54)51(7)40(28(2)3)25-41(59-31(6)52)44-49-39(27-60-44)43(53)48-33(23-30(5)46(55)57-8)24-32-17-11-10-12-18-32/h10-22,27-30,33,38,40-42H,9,23-26H2,1-8H3,(H,48,53)(H,50,56)/t29-,30-,33+,40+,41+,42-/m0/s1. The quantitative estimate of drug-likeness (QED) is 0.0705. The predicted octanol–water partition coefficient (Wildman–Crippen LogP) is 8.11. The SMILES string of the molecule is CC[C@H](C)[C@H](NC(=O)OCC1c2ccccc2-c2ccccc21)C(=O)N(C)[C@H](C[C@@H](OC(C)=O)c1nc(C(=O)N[C@@H](Cc2ccccc2)C[C@H](C)C(=O)OC)cs1)C(C)C. The lowest BCUT2D eigenvalue weighted by molar-refractivity contribution is -0.149. The number of thiazole rings is 1. The summed E-state index contributed by atoms with van der Waals surface area (Å²) in [5, 5.41) is 7.94. The van der Waals surface area contributed by atoms with Crippen molar-refractivity contribution < 1.29 is 38.2 Å². The van der Waals surface area contributed by atoms with Crippen molar-refractivity contribution in [2.24, 2.45) is 17.8 Å². The third-order valence-corrected chi connectivity index (χ3v) is 12.3. The van der Waals surface area contributed by atoms with Gasteiger partial charge in [-0.25, -0.2) is 9.78 Å². The van der Waals surface area contributed by atoms with E-state index in [0.29, 0.717) is 24.3 Å². The number of hydrogen-bond acceptors (Lipinski definition) is 10. The van der Waals surface area contributed by atoms with Crippen molar-refractivity contribution in [2.45, 2.75) is 97.4 Å². The Morgan fingerprint density at radius 3 is 2.05 bits per heavy atom. The first-order chi connectivity index (χ1) is 28.7. The second-order valence-corrected chi connectivity index (χ2v) is 16.9. The molecule has 6 atom stereocenters. The van der Waals surface area contributed by atoms with Gasteiger partial charge in [-0.3, -0.25) is 19.2 Å². The van der Waals surface area contributed by atoms with Gasteiger partial charge in [-0.15, -0.1) is 11.3 Å². The van der Waals surface area contributed by atoms with Crippen LogP contribution in [0.1, 0.15) is 105 Å². The molecule has 1 aliphatic carbocycles. The minimum absolute atomic E-state index is 0.0951. The maximum atomic E-state index is 14.4. The van der Waals surface area contributed by atoms with Gasteiger partial charge in [-0.05, 0) is 52.5 Å². The molecule has 320 valence electrons. The molecule has 1 heterocycles. The number of nitrogens with one attached hydrogen (secondary N) is 2. The number of likely N-dealkylation sites (N-methyl/N-ethyl adjacent to an activating group) is 1. The smallest absolute Gasteiger partial charge is 0.407 e. The van der Waals surface area contributed by atoms with Gasteiger partial charge in [0, 0.05) is 43.8 Å². The van der Waals surface area contributed by atoms with Crippen LogP contribution in [0.5, 0.6) is 0 Å². The normalized spacial score (nSPS) is 15.0. The van der Waals surface area contributed by atoms with Crippen LogP contribution in [0.4, 0.5) is 4.79 Å². The lowest BCUT2D eigenvalue weighted by Crippen LogP contribution is -2.54. The van der Waals surface area contributed by atoms with E-state index in [1.165, 1.54) is 25.4 Å². The van der Waals surface area contributed by atoms with Gasteiger partial charge in [-0.1, -0.05) is 120 Å². The van der Waals surface area contributed by atoms with Crippen molar-refractivity contribution in [1.82, 2.24) is 20.5 Å². The number of amides is 3. The summed E-state index contributed by atoms with van der Waals surface area (Å²) < 4.78 is 16.6. The third kappa shape index (κ3) is 11.4. The molecule has 0 spiro atoms. The number of carbonyl (C=O) groups is 5. The summed E-state index contributed by atoms with van der Waals surface area (Å²) in [6.07, 6.45) is 0.110. The molecule has 3 amide bonds. The lowest BCUT2D eigenvalue weighted by Gasteiger charge is -2.36. The van der Waals surface area contributed by atoms with Crippen LogP contribution >= 0.6 is 11.3 Å². The number of carbonyl (C=O) groups excluding carboxylic acids is 5. The minimum Gasteiger partial charge on any atom is -0.469 e. The van der Waals surface area contributed by atoms with E-state index in [2.05, 4.69) is 39.9 Å². The zero-order valence-corrected chi connectivity index (χ0v) is 36.6. The molecule has 0 saturated heterocycles. The molecule has 1 aromatic heterocycles. The second-order valence-electron chi connectivity index (χ2n) is 16.0. The molecule has 1 aliphatic rings. The Kier molecular flexibility index (Phi) is 16.0. The van der Waals surface area contributed by atoms with E-state index in [1.807, 2.05) is 82.3 Å². The Morgan fingerprint density at radius 2 is 1.47 bits per heavy atom. The molecule has 60 heavy (non-hydrogen) atoms. The zero-order chi connectivity index (χ0) is 43.5. The molecule has 13 heteroatoms. The van der Waals surface area contributed by atoms with E-state index in [4.69, 9.17) is 14.2 Å². The highest BCUT2D eigenvalue weighted by Gasteiger charge is 2.37. The van der Waals surface area contributed by atoms with Gasteiger partial charge < -0.3 is 29.7 Å². The Morgan fingerprint density at radius 1 is 0.850 bits per heavy atom. The molecule has 5 rings (SSSR count). The van der Waals surface area contributed by atoms with Crippen molar-refractivity contribution in [1.29, 1.82) is 0 Å². The van der Waals surface area contributed by atoms with Crippen molar-refractivity contribution in [3.05, 3.63) is 112 Å². The number of rotatable bonds is 19. The Labute approximate surface area is 357 Å². The topological polar surface area (TPSA) is 153 Å². The first kappa shape index (κ1) is 45.5. The van der Waals surface area contributed by atoms with E-state index in [-0.39, 0.29) is 48.4 Å². The average Bonchev–Trinajstić information content (AvgIpc) is 3.86. The monoisotopic (exact) mass is 838 g/mol. The van der Waals surface area contributed by atoms with Gasteiger partial charge in [0.05, 0.1) is 13.0 Å². The van der Waals surface area contributed by atoms with E-state index in [9.17, 15) is 24.0 Å². The van der Waals surface area contributed by atoms with Gasteiger partial charge in [0.2, 0.25) is 5.91 Å². The fourth-order valence-electron chi connectivity index (χ4n) is 7.94. The summed E-state index contributed by atoms with van der Waals surface area (Å²) in [6, 6.07) is 24.1. The number of aromatic nitrogens is 1. The molecule has 2 N–H and O–H groups in total. The fourth-order valence-corrected chi connectivity index (χ4v) is 8.78. The van der Waals surface area contributed by atoms with Crippen LogP contribution in [-0.4, -0.2) is 78.6 Å². The summed E-state index contributed by atoms with van der Waals surface area (Å²) in [5.74, 6) is -2.54. The largest absolute Gasteiger partial charge is 0.469 e. The lowest BCUT2D eigenvalue weighted by atomic mass is 9.93. The van der Waals surface area contributed by atoms with Crippen LogP contribution < -0.4 is 10.6 Å². The number of alkyl carbamates (subject to hydrolysis) is 1. The molecule has 0 saturated carbocycles. The molecule has 0 unspecified atom stereocenters. The van der Waals surface area contributed by atoms with Gasteiger partial charge in [-0.2, -0.15) is 0 Å². The number of ether oxygens (including phenoxy) is 3. The van der Waals surface area contributed by atoms with Crippen LogP contribution in [0.25, 0.3) is 11.1 Å². The number of methoxy groups -OCH3 is 1.